The Morgan fingerprint density at radius 3 is 1.64 bits per heavy atom. The molecule has 4 heteroatoms. The number of benzene rings is 7. The fourth-order valence-electron chi connectivity index (χ4n) is 7.47. The Balaban J connectivity index is 1.08. The zero-order valence-electron chi connectivity index (χ0n) is 27.0. The van der Waals surface area contributed by atoms with Gasteiger partial charge in [0.25, 0.3) is 0 Å². The van der Waals surface area contributed by atoms with Crippen LogP contribution in [0.25, 0.3) is 76.6 Å². The van der Waals surface area contributed by atoms with Crippen LogP contribution in [0.1, 0.15) is 22.6 Å². The molecule has 0 N–H and O–H groups in total. The van der Waals surface area contributed by atoms with Gasteiger partial charge in [-0.3, -0.25) is 0 Å². The van der Waals surface area contributed by atoms with Crippen molar-refractivity contribution in [2.75, 3.05) is 0 Å². The van der Waals surface area contributed by atoms with Crippen molar-refractivity contribution in [1.82, 2.24) is 15.0 Å². The van der Waals surface area contributed by atoms with Crippen molar-refractivity contribution in [3.63, 3.8) is 0 Å². The highest BCUT2D eigenvalue weighted by molar-refractivity contribution is 7.26. The van der Waals surface area contributed by atoms with Crippen LogP contribution in [0.3, 0.4) is 0 Å². The minimum atomic E-state index is 0.120. The van der Waals surface area contributed by atoms with Crippen molar-refractivity contribution in [2.24, 2.45) is 0 Å². The molecule has 1 unspecified atom stereocenters. The van der Waals surface area contributed by atoms with Crippen molar-refractivity contribution >= 4 is 31.5 Å². The third-order valence-corrected chi connectivity index (χ3v) is 11.1. The lowest BCUT2D eigenvalue weighted by Crippen LogP contribution is -2.01. The minimum absolute atomic E-state index is 0.120. The first kappa shape index (κ1) is 28.8. The molecule has 0 saturated heterocycles. The van der Waals surface area contributed by atoms with E-state index >= 15 is 0 Å². The second kappa shape index (κ2) is 11.7. The lowest BCUT2D eigenvalue weighted by molar-refractivity contribution is 1.01. The first-order valence-corrected chi connectivity index (χ1v) is 17.7. The summed E-state index contributed by atoms with van der Waals surface area (Å²) in [7, 11) is 0. The maximum Gasteiger partial charge on any atom is 0.164 e. The average molecular weight is 656 g/mol. The number of fused-ring (bicyclic) bond motifs is 6. The highest BCUT2D eigenvalue weighted by Crippen LogP contribution is 2.50. The van der Waals surface area contributed by atoms with E-state index in [4.69, 9.17) is 15.0 Å². The number of hydrogen-bond donors (Lipinski definition) is 0. The Morgan fingerprint density at radius 1 is 0.380 bits per heavy atom. The van der Waals surface area contributed by atoms with Crippen LogP contribution in [0.5, 0.6) is 0 Å². The van der Waals surface area contributed by atoms with Gasteiger partial charge in [-0.1, -0.05) is 158 Å². The topological polar surface area (TPSA) is 38.7 Å². The zero-order valence-corrected chi connectivity index (χ0v) is 27.8. The third-order valence-electron chi connectivity index (χ3n) is 9.84. The van der Waals surface area contributed by atoms with Gasteiger partial charge in [-0.15, -0.1) is 11.3 Å². The quantitative estimate of drug-likeness (QED) is 0.185. The van der Waals surface area contributed by atoms with Crippen molar-refractivity contribution in [3.05, 3.63) is 187 Å². The van der Waals surface area contributed by atoms with E-state index in [0.29, 0.717) is 17.5 Å². The van der Waals surface area contributed by atoms with Gasteiger partial charge in [0.05, 0.1) is 0 Å². The molecule has 0 fully saturated rings. The minimum Gasteiger partial charge on any atom is -0.208 e. The summed E-state index contributed by atoms with van der Waals surface area (Å²) in [5, 5.41) is 2.65. The fraction of sp³-hybridized carbons (Fsp3) is 0.0217. The molecule has 9 aromatic rings. The molecular formula is C46H29N3S. The molecule has 0 radical (unpaired) electrons. The second-order valence-corrected chi connectivity index (χ2v) is 13.8. The summed E-state index contributed by atoms with van der Waals surface area (Å²) in [6.45, 7) is 0. The Kier molecular flexibility index (Phi) is 6.74. The van der Waals surface area contributed by atoms with E-state index in [1.807, 2.05) is 72.0 Å². The summed E-state index contributed by atoms with van der Waals surface area (Å²) in [4.78, 5) is 14.8. The fourth-order valence-corrected chi connectivity index (χ4v) is 8.71. The number of hydrogen-bond acceptors (Lipinski definition) is 4. The summed E-state index contributed by atoms with van der Waals surface area (Å²) in [6.07, 6.45) is 0. The van der Waals surface area contributed by atoms with Crippen LogP contribution >= 0.6 is 11.3 Å². The third kappa shape index (κ3) is 4.76. The van der Waals surface area contributed by atoms with Gasteiger partial charge in [-0.05, 0) is 51.1 Å². The predicted octanol–water partition coefficient (Wildman–Crippen LogP) is 12.1. The monoisotopic (exact) mass is 655 g/mol. The van der Waals surface area contributed by atoms with Gasteiger partial charge in [-0.25, -0.2) is 15.0 Å². The smallest absolute Gasteiger partial charge is 0.164 e. The lowest BCUT2D eigenvalue weighted by Gasteiger charge is -2.16. The molecule has 0 aliphatic heterocycles. The number of thiophene rings is 1. The molecule has 50 heavy (non-hydrogen) atoms. The van der Waals surface area contributed by atoms with Crippen molar-refractivity contribution < 1.29 is 0 Å². The van der Waals surface area contributed by atoms with Crippen LogP contribution in [0.4, 0.5) is 0 Å². The maximum atomic E-state index is 4.96. The van der Waals surface area contributed by atoms with E-state index in [-0.39, 0.29) is 5.92 Å². The van der Waals surface area contributed by atoms with Crippen LogP contribution in [0.15, 0.2) is 170 Å². The van der Waals surface area contributed by atoms with Crippen LogP contribution in [-0.2, 0) is 0 Å². The molecule has 2 aromatic heterocycles. The van der Waals surface area contributed by atoms with Crippen LogP contribution in [0.2, 0.25) is 0 Å². The molecule has 1 atom stereocenters. The van der Waals surface area contributed by atoms with Crippen molar-refractivity contribution in [1.29, 1.82) is 0 Å². The van der Waals surface area contributed by atoms with Crippen molar-refractivity contribution in [2.45, 2.75) is 5.92 Å². The van der Waals surface area contributed by atoms with Crippen molar-refractivity contribution in [3.8, 4) is 56.4 Å². The van der Waals surface area contributed by atoms with E-state index in [9.17, 15) is 0 Å². The Labute approximate surface area is 294 Å². The van der Waals surface area contributed by atoms with E-state index in [1.165, 1.54) is 59.1 Å². The molecule has 1 aliphatic carbocycles. The molecule has 3 nitrogen and oxygen atoms in total. The van der Waals surface area contributed by atoms with Gasteiger partial charge in [0.1, 0.15) is 0 Å². The highest BCUT2D eigenvalue weighted by Gasteiger charge is 2.30. The Morgan fingerprint density at radius 2 is 0.920 bits per heavy atom. The standard InChI is InChI=1S/C46H29N3S/c1-3-12-30(13-4-1)44-47-45(31-14-5-2-6-15-31)49-46(48-44)32-24-22-29(23-25-32)42-38-18-8-7-16-35(38)36-27-26-33(28-40(36)42)34-19-11-20-39-37-17-9-10-21-41(37)50-43(34)39/h1-28,42H. The molecule has 0 amide bonds. The van der Waals surface area contributed by atoms with E-state index in [1.54, 1.807) is 0 Å². The number of aromatic nitrogens is 3. The molecule has 0 spiro atoms. The van der Waals surface area contributed by atoms with E-state index < -0.39 is 0 Å². The first-order valence-electron chi connectivity index (χ1n) is 16.9. The highest BCUT2D eigenvalue weighted by atomic mass is 32.1. The van der Waals surface area contributed by atoms with Gasteiger partial charge >= 0.3 is 0 Å². The Hall–Kier alpha value is -6.23. The number of rotatable bonds is 5. The molecule has 10 rings (SSSR count). The lowest BCUT2D eigenvalue weighted by atomic mass is 9.87. The summed E-state index contributed by atoms with van der Waals surface area (Å²) < 4.78 is 2.67. The predicted molar refractivity (Wildman–Crippen MR) is 207 cm³/mol. The molecule has 0 saturated carbocycles. The second-order valence-electron chi connectivity index (χ2n) is 12.8. The first-order chi connectivity index (χ1) is 24.8. The molecule has 234 valence electrons. The molecule has 2 heterocycles. The average Bonchev–Trinajstić information content (AvgIpc) is 3.74. The summed E-state index contributed by atoms with van der Waals surface area (Å²) in [5.41, 5.74) is 12.0. The van der Waals surface area contributed by atoms with Gasteiger partial charge < -0.3 is 0 Å². The Bertz CT molecular complexity index is 2640. The normalized spacial score (nSPS) is 13.4. The van der Waals surface area contributed by atoms with Gasteiger partial charge in [0, 0.05) is 42.8 Å². The maximum absolute atomic E-state index is 4.96. The summed E-state index contributed by atoms with van der Waals surface area (Å²) in [6, 6.07) is 60.4. The van der Waals surface area contributed by atoms with E-state index in [0.717, 1.165) is 16.7 Å². The summed E-state index contributed by atoms with van der Waals surface area (Å²) in [5.74, 6) is 2.11. The largest absolute Gasteiger partial charge is 0.208 e. The molecule has 7 aromatic carbocycles. The zero-order chi connectivity index (χ0) is 33.0. The van der Waals surface area contributed by atoms with Crippen LogP contribution in [-0.4, -0.2) is 15.0 Å². The van der Waals surface area contributed by atoms with Crippen LogP contribution < -0.4 is 0 Å². The molecular weight excluding hydrogens is 627 g/mol. The molecule has 1 aliphatic rings. The van der Waals surface area contributed by atoms with Crippen LogP contribution in [0, 0.1) is 0 Å². The SMILES string of the molecule is c1ccc(-c2nc(-c3ccccc3)nc(-c3ccc(C4c5ccccc5-c5ccc(-c6cccc7c6sc6ccccc67)cc54)cc3)n2)cc1. The van der Waals surface area contributed by atoms with E-state index in [2.05, 4.69) is 109 Å². The molecule has 0 bridgehead atoms. The number of nitrogens with zero attached hydrogens (tertiary/aromatic N) is 3. The van der Waals surface area contributed by atoms with Gasteiger partial charge in [0.2, 0.25) is 0 Å². The summed E-state index contributed by atoms with van der Waals surface area (Å²) >= 11 is 1.88. The van der Waals surface area contributed by atoms with Gasteiger partial charge in [-0.2, -0.15) is 0 Å². The van der Waals surface area contributed by atoms with Gasteiger partial charge in [0.15, 0.2) is 17.5 Å².